The van der Waals surface area contributed by atoms with Crippen LogP contribution in [0.5, 0.6) is 11.5 Å². The van der Waals surface area contributed by atoms with Crippen molar-refractivity contribution in [1.29, 1.82) is 0 Å². The Hall–Kier alpha value is -1.96. The summed E-state index contributed by atoms with van der Waals surface area (Å²) in [6, 6.07) is 3.71. The monoisotopic (exact) mass is 342 g/mol. The Kier molecular flexibility index (Phi) is 9.12. The first-order valence-corrected chi connectivity index (χ1v) is 9.14. The molecule has 0 aromatic heterocycles. The second-order valence-electron chi connectivity index (χ2n) is 7.11. The van der Waals surface area contributed by atoms with Gasteiger partial charge in [0.1, 0.15) is 11.5 Å². The lowest BCUT2D eigenvalue weighted by molar-refractivity contribution is 0.407. The lowest BCUT2D eigenvalue weighted by Crippen LogP contribution is -1.93. The number of phenols is 1. The average Bonchev–Trinajstić information content (AvgIpc) is 2.55. The van der Waals surface area contributed by atoms with E-state index in [0.29, 0.717) is 5.75 Å². The average molecular weight is 343 g/mol. The topological polar surface area (TPSA) is 29.5 Å². The van der Waals surface area contributed by atoms with Crippen LogP contribution in [0.3, 0.4) is 0 Å². The number of aryl methyl sites for hydroxylation is 1. The van der Waals surface area contributed by atoms with Crippen LogP contribution in [0.4, 0.5) is 0 Å². The quantitative estimate of drug-likeness (QED) is 0.508. The van der Waals surface area contributed by atoms with Crippen molar-refractivity contribution in [2.75, 3.05) is 7.11 Å². The molecule has 0 unspecified atom stereocenters. The molecule has 25 heavy (non-hydrogen) atoms. The summed E-state index contributed by atoms with van der Waals surface area (Å²) >= 11 is 0. The maximum atomic E-state index is 9.90. The fourth-order valence-corrected chi connectivity index (χ4v) is 2.69. The normalized spacial score (nSPS) is 12.2. The molecule has 2 heteroatoms. The van der Waals surface area contributed by atoms with Gasteiger partial charge in [0, 0.05) is 5.56 Å². The summed E-state index contributed by atoms with van der Waals surface area (Å²) in [4.78, 5) is 0. The van der Waals surface area contributed by atoms with Crippen LogP contribution < -0.4 is 4.74 Å². The number of methoxy groups -OCH3 is 1. The minimum Gasteiger partial charge on any atom is -0.508 e. The van der Waals surface area contributed by atoms with Gasteiger partial charge in [-0.05, 0) is 84.4 Å². The number of benzene rings is 1. The van der Waals surface area contributed by atoms with Gasteiger partial charge in [0.2, 0.25) is 0 Å². The Labute approximate surface area is 153 Å². The molecule has 0 atom stereocenters. The van der Waals surface area contributed by atoms with E-state index in [1.165, 1.54) is 16.7 Å². The van der Waals surface area contributed by atoms with Crippen LogP contribution in [0.1, 0.15) is 64.5 Å². The van der Waals surface area contributed by atoms with Gasteiger partial charge < -0.3 is 9.84 Å². The van der Waals surface area contributed by atoms with Crippen molar-refractivity contribution in [2.45, 2.75) is 66.7 Å². The predicted octanol–water partition coefficient (Wildman–Crippen LogP) is 6.67. The number of hydrogen-bond acceptors (Lipinski definition) is 2. The lowest BCUT2D eigenvalue weighted by Gasteiger charge is -2.10. The summed E-state index contributed by atoms with van der Waals surface area (Å²) in [5, 5.41) is 9.90. The van der Waals surface area contributed by atoms with Crippen LogP contribution >= 0.6 is 0 Å². The number of hydrogen-bond donors (Lipinski definition) is 1. The van der Waals surface area contributed by atoms with Gasteiger partial charge in [0.05, 0.1) is 7.11 Å². The van der Waals surface area contributed by atoms with E-state index in [0.717, 1.165) is 49.0 Å². The smallest absolute Gasteiger partial charge is 0.122 e. The third-order valence-electron chi connectivity index (χ3n) is 4.39. The zero-order valence-corrected chi connectivity index (χ0v) is 16.8. The molecule has 0 aliphatic carbocycles. The van der Waals surface area contributed by atoms with Gasteiger partial charge in [0.25, 0.3) is 0 Å². The molecule has 0 radical (unpaired) electrons. The molecule has 138 valence electrons. The highest BCUT2D eigenvalue weighted by Gasteiger charge is 2.06. The maximum Gasteiger partial charge on any atom is 0.122 e. The lowest BCUT2D eigenvalue weighted by atomic mass is 10.0. The van der Waals surface area contributed by atoms with Gasteiger partial charge >= 0.3 is 0 Å². The van der Waals surface area contributed by atoms with Crippen LogP contribution in [0.15, 0.2) is 47.1 Å². The number of rotatable bonds is 9. The van der Waals surface area contributed by atoms with Gasteiger partial charge in [-0.2, -0.15) is 0 Å². The van der Waals surface area contributed by atoms with Gasteiger partial charge in [-0.15, -0.1) is 0 Å². The first-order chi connectivity index (χ1) is 11.8. The molecule has 0 amide bonds. The molecule has 0 aliphatic heterocycles. The fraction of sp³-hybridized carbons (Fsp3) is 0.478. The molecule has 1 N–H and O–H groups in total. The van der Waals surface area contributed by atoms with E-state index < -0.39 is 0 Å². The SMILES string of the molecule is COc1cc(C)c(O)cc1CC=C(C)CCC=C(C)CCC=C(C)C. The van der Waals surface area contributed by atoms with Crippen LogP contribution in [0, 0.1) is 6.92 Å². The molecular formula is C23H34O2. The highest BCUT2D eigenvalue weighted by atomic mass is 16.5. The predicted molar refractivity (Wildman–Crippen MR) is 109 cm³/mol. The Bertz CT molecular complexity index is 644. The Balaban J connectivity index is 2.54. The van der Waals surface area contributed by atoms with E-state index in [-0.39, 0.29) is 0 Å². The zero-order valence-electron chi connectivity index (χ0n) is 16.8. The number of phenolic OH excluding ortho intramolecular Hbond substituents is 1. The van der Waals surface area contributed by atoms with E-state index in [1.807, 2.05) is 19.1 Å². The summed E-state index contributed by atoms with van der Waals surface area (Å²) in [5.74, 6) is 1.17. The largest absolute Gasteiger partial charge is 0.508 e. The summed E-state index contributed by atoms with van der Waals surface area (Å²) in [5.41, 5.74) is 6.10. The van der Waals surface area contributed by atoms with Gasteiger partial charge in [-0.1, -0.05) is 34.9 Å². The van der Waals surface area contributed by atoms with Gasteiger partial charge in [0.15, 0.2) is 0 Å². The van der Waals surface area contributed by atoms with E-state index in [1.54, 1.807) is 7.11 Å². The van der Waals surface area contributed by atoms with Crippen LogP contribution in [-0.4, -0.2) is 12.2 Å². The summed E-state index contributed by atoms with van der Waals surface area (Å²) in [7, 11) is 1.68. The maximum absolute atomic E-state index is 9.90. The van der Waals surface area contributed by atoms with Crippen LogP contribution in [0.25, 0.3) is 0 Å². The molecule has 0 spiro atoms. The Morgan fingerprint density at radius 2 is 1.56 bits per heavy atom. The number of aromatic hydroxyl groups is 1. The Morgan fingerprint density at radius 3 is 2.16 bits per heavy atom. The number of allylic oxidation sites excluding steroid dienone is 6. The molecule has 1 rings (SSSR count). The minimum atomic E-state index is 0.330. The molecule has 0 heterocycles. The van der Waals surface area contributed by atoms with Gasteiger partial charge in [-0.25, -0.2) is 0 Å². The molecule has 0 bridgehead atoms. The second kappa shape index (κ2) is 10.8. The second-order valence-corrected chi connectivity index (χ2v) is 7.11. The van der Waals surface area contributed by atoms with Crippen molar-refractivity contribution >= 4 is 0 Å². The summed E-state index contributed by atoms with van der Waals surface area (Å²) in [6.45, 7) is 10.6. The third kappa shape index (κ3) is 8.11. The molecule has 1 aromatic carbocycles. The summed E-state index contributed by atoms with van der Waals surface area (Å²) in [6.07, 6.45) is 12.1. The van der Waals surface area contributed by atoms with E-state index in [4.69, 9.17) is 4.74 Å². The standard InChI is InChI=1S/C23H34O2/c1-17(2)9-7-10-18(3)11-8-12-19(4)13-14-21-16-22(24)20(5)15-23(21)25-6/h9,11,13,15-16,24H,7-8,10,12,14H2,1-6H3. The fourth-order valence-electron chi connectivity index (χ4n) is 2.69. The molecule has 0 fully saturated rings. The highest BCUT2D eigenvalue weighted by molar-refractivity contribution is 5.46. The first kappa shape index (κ1) is 21.1. The van der Waals surface area contributed by atoms with E-state index >= 15 is 0 Å². The minimum absolute atomic E-state index is 0.330. The van der Waals surface area contributed by atoms with E-state index in [9.17, 15) is 5.11 Å². The molecular weight excluding hydrogens is 308 g/mol. The van der Waals surface area contributed by atoms with Crippen molar-refractivity contribution in [3.63, 3.8) is 0 Å². The van der Waals surface area contributed by atoms with Crippen LogP contribution in [0.2, 0.25) is 0 Å². The molecule has 0 saturated carbocycles. The first-order valence-electron chi connectivity index (χ1n) is 9.14. The van der Waals surface area contributed by atoms with Crippen molar-refractivity contribution in [3.05, 3.63) is 58.2 Å². The van der Waals surface area contributed by atoms with Crippen molar-refractivity contribution in [1.82, 2.24) is 0 Å². The molecule has 0 saturated heterocycles. The van der Waals surface area contributed by atoms with E-state index in [2.05, 4.69) is 45.9 Å². The van der Waals surface area contributed by atoms with Crippen molar-refractivity contribution < 1.29 is 9.84 Å². The third-order valence-corrected chi connectivity index (χ3v) is 4.39. The molecule has 2 nitrogen and oxygen atoms in total. The van der Waals surface area contributed by atoms with Crippen molar-refractivity contribution in [3.8, 4) is 11.5 Å². The van der Waals surface area contributed by atoms with Gasteiger partial charge in [-0.3, -0.25) is 0 Å². The van der Waals surface area contributed by atoms with Crippen molar-refractivity contribution in [2.24, 2.45) is 0 Å². The molecule has 1 aromatic rings. The highest BCUT2D eigenvalue weighted by Crippen LogP contribution is 2.28. The number of ether oxygens (including phenoxy) is 1. The summed E-state index contributed by atoms with van der Waals surface area (Å²) < 4.78 is 5.43. The van der Waals surface area contributed by atoms with Crippen LogP contribution in [-0.2, 0) is 6.42 Å². The molecule has 0 aliphatic rings. The zero-order chi connectivity index (χ0) is 18.8. The Morgan fingerprint density at radius 1 is 0.960 bits per heavy atom.